The molecule has 1 N–H and O–H groups in total. The first-order valence-corrected chi connectivity index (χ1v) is 9.98. The van der Waals surface area contributed by atoms with Gasteiger partial charge in [-0.2, -0.15) is 4.98 Å². The summed E-state index contributed by atoms with van der Waals surface area (Å²) in [6.07, 6.45) is 3.19. The Kier molecular flexibility index (Phi) is 5.17. The molecular weight excluding hydrogens is 415 g/mol. The molecule has 0 atom stereocenters. The van der Waals surface area contributed by atoms with Crippen LogP contribution in [0.1, 0.15) is 11.1 Å². The number of carbonyl (C=O) groups excluding carboxylic acids is 1. The molecule has 2 aromatic heterocycles. The molecule has 1 amide bonds. The van der Waals surface area contributed by atoms with E-state index in [1.54, 1.807) is 28.8 Å². The molecule has 0 fully saturated rings. The quantitative estimate of drug-likeness (QED) is 0.422. The molecule has 5 nitrogen and oxygen atoms in total. The van der Waals surface area contributed by atoms with E-state index in [1.165, 1.54) is 23.0 Å². The zero-order valence-electron chi connectivity index (χ0n) is 14.7. The lowest BCUT2D eigenvalue weighted by Gasteiger charge is -2.02. The standard InChI is InChI=1S/C20H14Cl2N4OS/c1-12-2-4-13(5-3-12)6-9-18(27)23-19-24-20-26(25-19)17(11-28-20)15-10-14(21)7-8-16(15)22/h2-11H,1H3,(H,23,25,27)/b9-6+. The van der Waals surface area contributed by atoms with Gasteiger partial charge in [0.15, 0.2) is 0 Å². The maximum atomic E-state index is 12.2. The second-order valence-corrected chi connectivity index (χ2v) is 7.79. The van der Waals surface area contributed by atoms with Crippen molar-refractivity contribution in [2.24, 2.45) is 0 Å². The van der Waals surface area contributed by atoms with Crippen molar-refractivity contribution in [1.29, 1.82) is 0 Å². The van der Waals surface area contributed by atoms with E-state index in [2.05, 4.69) is 15.4 Å². The maximum Gasteiger partial charge on any atom is 0.250 e. The normalized spacial score (nSPS) is 11.4. The highest BCUT2D eigenvalue weighted by Crippen LogP contribution is 2.33. The SMILES string of the molecule is Cc1ccc(/C=C/C(=O)Nc2nc3scc(-c4cc(Cl)ccc4Cl)n3n2)cc1. The van der Waals surface area contributed by atoms with E-state index in [4.69, 9.17) is 23.2 Å². The fraction of sp³-hybridized carbons (Fsp3) is 0.0500. The number of amides is 1. The predicted molar refractivity (Wildman–Crippen MR) is 115 cm³/mol. The van der Waals surface area contributed by atoms with Crippen molar-refractivity contribution in [3.63, 3.8) is 0 Å². The lowest BCUT2D eigenvalue weighted by atomic mass is 10.1. The molecule has 8 heteroatoms. The van der Waals surface area contributed by atoms with E-state index in [0.717, 1.165) is 16.8 Å². The van der Waals surface area contributed by atoms with Crippen molar-refractivity contribution in [1.82, 2.24) is 14.6 Å². The van der Waals surface area contributed by atoms with Gasteiger partial charge in [-0.05, 0) is 36.8 Å². The van der Waals surface area contributed by atoms with Gasteiger partial charge < -0.3 is 0 Å². The molecular formula is C20H14Cl2N4OS. The lowest BCUT2D eigenvalue weighted by Crippen LogP contribution is -2.09. The predicted octanol–water partition coefficient (Wildman–Crippen LogP) is 5.72. The highest BCUT2D eigenvalue weighted by Gasteiger charge is 2.15. The van der Waals surface area contributed by atoms with Gasteiger partial charge in [-0.25, -0.2) is 4.52 Å². The van der Waals surface area contributed by atoms with Gasteiger partial charge in [-0.15, -0.1) is 16.4 Å². The topological polar surface area (TPSA) is 59.3 Å². The van der Waals surface area contributed by atoms with Crippen LogP contribution in [0.5, 0.6) is 0 Å². The van der Waals surface area contributed by atoms with Crippen LogP contribution in [-0.4, -0.2) is 20.5 Å². The Morgan fingerprint density at radius 1 is 1.18 bits per heavy atom. The summed E-state index contributed by atoms with van der Waals surface area (Å²) >= 11 is 13.8. The van der Waals surface area contributed by atoms with Gasteiger partial charge >= 0.3 is 0 Å². The Hall–Kier alpha value is -2.67. The molecule has 2 aromatic carbocycles. The monoisotopic (exact) mass is 428 g/mol. The van der Waals surface area contributed by atoms with Gasteiger partial charge in [-0.3, -0.25) is 10.1 Å². The summed E-state index contributed by atoms with van der Waals surface area (Å²) in [4.78, 5) is 17.2. The van der Waals surface area contributed by atoms with Crippen molar-refractivity contribution in [3.05, 3.63) is 75.1 Å². The van der Waals surface area contributed by atoms with Crippen LogP contribution in [0, 0.1) is 6.92 Å². The van der Waals surface area contributed by atoms with E-state index >= 15 is 0 Å². The minimum Gasteiger partial charge on any atom is -0.290 e. The van der Waals surface area contributed by atoms with E-state index in [9.17, 15) is 4.79 Å². The molecule has 0 aliphatic heterocycles. The minimum atomic E-state index is -0.304. The highest BCUT2D eigenvalue weighted by molar-refractivity contribution is 7.15. The van der Waals surface area contributed by atoms with Crippen LogP contribution >= 0.6 is 34.5 Å². The van der Waals surface area contributed by atoms with Crippen molar-refractivity contribution in [3.8, 4) is 11.3 Å². The Morgan fingerprint density at radius 2 is 1.96 bits per heavy atom. The molecule has 0 saturated carbocycles. The van der Waals surface area contributed by atoms with Crippen LogP contribution in [0.15, 0.2) is 53.9 Å². The molecule has 0 aliphatic carbocycles. The largest absolute Gasteiger partial charge is 0.290 e. The fourth-order valence-corrected chi connectivity index (χ4v) is 3.82. The number of aryl methyl sites for hydroxylation is 1. The molecule has 0 unspecified atom stereocenters. The number of benzene rings is 2. The lowest BCUT2D eigenvalue weighted by molar-refractivity contribution is -0.111. The number of nitrogens with one attached hydrogen (secondary N) is 1. The van der Waals surface area contributed by atoms with Gasteiger partial charge in [0.25, 0.3) is 11.9 Å². The minimum absolute atomic E-state index is 0.227. The summed E-state index contributed by atoms with van der Waals surface area (Å²) in [5.74, 6) is -0.0778. The maximum absolute atomic E-state index is 12.2. The van der Waals surface area contributed by atoms with E-state index < -0.39 is 0 Å². The summed E-state index contributed by atoms with van der Waals surface area (Å²) in [5.41, 5.74) is 3.62. The number of carbonyl (C=O) groups is 1. The number of thiazole rings is 1. The Morgan fingerprint density at radius 3 is 2.75 bits per heavy atom. The molecule has 140 valence electrons. The second-order valence-electron chi connectivity index (χ2n) is 6.11. The van der Waals surface area contributed by atoms with E-state index in [1.807, 2.05) is 36.6 Å². The number of hydrogen-bond acceptors (Lipinski definition) is 4. The zero-order valence-corrected chi connectivity index (χ0v) is 17.0. The zero-order chi connectivity index (χ0) is 19.7. The summed E-state index contributed by atoms with van der Waals surface area (Å²) in [5, 5.41) is 10.1. The number of hydrogen-bond donors (Lipinski definition) is 1. The number of rotatable bonds is 4. The average Bonchev–Trinajstić information content (AvgIpc) is 3.23. The second kappa shape index (κ2) is 7.75. The average molecular weight is 429 g/mol. The van der Waals surface area contributed by atoms with Crippen LogP contribution in [0.4, 0.5) is 5.95 Å². The summed E-state index contributed by atoms with van der Waals surface area (Å²) in [6.45, 7) is 2.01. The first kappa shape index (κ1) is 18.7. The Bertz CT molecular complexity index is 1190. The highest BCUT2D eigenvalue weighted by atomic mass is 35.5. The molecule has 4 rings (SSSR count). The Balaban J connectivity index is 1.55. The number of anilines is 1. The molecule has 0 radical (unpaired) electrons. The van der Waals surface area contributed by atoms with Crippen LogP contribution < -0.4 is 5.32 Å². The first-order chi connectivity index (χ1) is 13.5. The molecule has 0 aliphatic rings. The van der Waals surface area contributed by atoms with Gasteiger partial charge in [0.2, 0.25) is 4.96 Å². The fourth-order valence-electron chi connectivity index (χ4n) is 2.62. The molecule has 0 bridgehead atoms. The number of halogens is 2. The Labute approximate surface area is 175 Å². The van der Waals surface area contributed by atoms with E-state index in [-0.39, 0.29) is 11.9 Å². The molecule has 0 saturated heterocycles. The summed E-state index contributed by atoms with van der Waals surface area (Å²) in [6, 6.07) is 13.1. The van der Waals surface area contributed by atoms with Crippen LogP contribution in [0.25, 0.3) is 22.3 Å². The molecule has 4 aromatic rings. The van der Waals surface area contributed by atoms with Gasteiger partial charge in [-0.1, -0.05) is 53.0 Å². The van der Waals surface area contributed by atoms with Crippen molar-refractivity contribution >= 4 is 57.4 Å². The van der Waals surface area contributed by atoms with Gasteiger partial charge in [0.05, 0.1) is 10.7 Å². The van der Waals surface area contributed by atoms with Crippen molar-refractivity contribution < 1.29 is 4.79 Å². The third-order valence-electron chi connectivity index (χ3n) is 4.03. The third-order valence-corrected chi connectivity index (χ3v) is 5.41. The van der Waals surface area contributed by atoms with Crippen LogP contribution in [-0.2, 0) is 4.79 Å². The third kappa shape index (κ3) is 3.94. The van der Waals surface area contributed by atoms with Gasteiger partial charge in [0.1, 0.15) is 0 Å². The summed E-state index contributed by atoms with van der Waals surface area (Å²) in [7, 11) is 0. The van der Waals surface area contributed by atoms with Crippen LogP contribution in [0.2, 0.25) is 10.0 Å². The van der Waals surface area contributed by atoms with Crippen molar-refractivity contribution in [2.45, 2.75) is 6.92 Å². The number of nitrogens with zero attached hydrogens (tertiary/aromatic N) is 3. The number of fused-ring (bicyclic) bond motifs is 1. The summed E-state index contributed by atoms with van der Waals surface area (Å²) < 4.78 is 1.64. The van der Waals surface area contributed by atoms with Gasteiger partial charge in [0, 0.05) is 22.0 Å². The van der Waals surface area contributed by atoms with Crippen LogP contribution in [0.3, 0.4) is 0 Å². The molecule has 2 heterocycles. The van der Waals surface area contributed by atoms with E-state index in [0.29, 0.717) is 15.0 Å². The molecule has 28 heavy (non-hydrogen) atoms. The number of aromatic nitrogens is 3. The molecule has 0 spiro atoms. The first-order valence-electron chi connectivity index (χ1n) is 8.35. The smallest absolute Gasteiger partial charge is 0.250 e. The van der Waals surface area contributed by atoms with Crippen molar-refractivity contribution in [2.75, 3.05) is 5.32 Å².